The van der Waals surface area contributed by atoms with Gasteiger partial charge in [0.15, 0.2) is 5.78 Å². The highest BCUT2D eigenvalue weighted by atomic mass is 35.5. The maximum absolute atomic E-state index is 12.7. The topological polar surface area (TPSA) is 100 Å². The molecule has 1 amide bonds. The van der Waals surface area contributed by atoms with Gasteiger partial charge in [0.2, 0.25) is 5.91 Å². The number of nitrogens with zero attached hydrogens (tertiary/aromatic N) is 4. The Morgan fingerprint density at radius 3 is 2.55 bits per heavy atom. The number of carbonyl (C=O) groups excluding carboxylic acids is 2. The predicted molar refractivity (Wildman–Crippen MR) is 117 cm³/mol. The average Bonchev–Trinajstić information content (AvgIpc) is 3.29. The van der Waals surface area contributed by atoms with Gasteiger partial charge in [-0.2, -0.15) is 5.10 Å². The second-order valence-corrected chi connectivity index (χ2v) is 7.95. The van der Waals surface area contributed by atoms with Gasteiger partial charge in [-0.25, -0.2) is 9.67 Å². The Balaban J connectivity index is 1.33. The molecule has 1 aliphatic heterocycles. The molecule has 1 aromatic heterocycles. The molecule has 2 aromatic carbocycles. The lowest BCUT2D eigenvalue weighted by atomic mass is 9.89. The Hall–Kier alpha value is -3.23. The molecule has 0 atom stereocenters. The fourth-order valence-corrected chi connectivity index (χ4v) is 3.92. The van der Waals surface area contributed by atoms with E-state index in [-0.39, 0.29) is 29.9 Å². The van der Waals surface area contributed by atoms with Crippen LogP contribution in [0.25, 0.3) is 5.69 Å². The Morgan fingerprint density at radius 2 is 1.87 bits per heavy atom. The lowest BCUT2D eigenvalue weighted by Gasteiger charge is -2.30. The van der Waals surface area contributed by atoms with E-state index in [4.69, 9.17) is 11.6 Å². The molecule has 8 nitrogen and oxygen atoms in total. The zero-order valence-electron chi connectivity index (χ0n) is 16.7. The van der Waals surface area contributed by atoms with Gasteiger partial charge in [-0.15, -0.1) is 0 Å². The van der Waals surface area contributed by atoms with E-state index < -0.39 is 0 Å². The number of piperidine rings is 1. The van der Waals surface area contributed by atoms with Crippen molar-refractivity contribution in [2.75, 3.05) is 25.0 Å². The lowest BCUT2D eigenvalue weighted by molar-refractivity contribution is -0.117. The van der Waals surface area contributed by atoms with Crippen LogP contribution in [0.15, 0.2) is 55.1 Å². The number of halogens is 1. The summed E-state index contributed by atoms with van der Waals surface area (Å²) in [6, 6.07) is 11.5. The standard InChI is InChI=1S/C22H22ClN5O3/c23-17-3-6-20(28-14-24-13-25-28)19(11-17)26-21(30)12-27-9-7-16(8-10-27)22(31)15-1-4-18(29)5-2-15/h1-6,11,13-14,16,29H,7-10,12H2,(H,26,30). The summed E-state index contributed by atoms with van der Waals surface area (Å²) in [5.74, 6) is -0.00721. The molecule has 3 aromatic rings. The van der Waals surface area contributed by atoms with Crippen molar-refractivity contribution in [3.63, 3.8) is 0 Å². The minimum Gasteiger partial charge on any atom is -0.508 e. The van der Waals surface area contributed by atoms with Crippen LogP contribution < -0.4 is 5.32 Å². The summed E-state index contributed by atoms with van der Waals surface area (Å²) >= 11 is 6.11. The number of phenolic OH excluding ortho intramolecular Hbond substituents is 1. The second kappa shape index (κ2) is 9.28. The Morgan fingerprint density at radius 1 is 1.13 bits per heavy atom. The number of likely N-dealkylation sites (tertiary alicyclic amines) is 1. The summed E-state index contributed by atoms with van der Waals surface area (Å²) in [5, 5.41) is 16.9. The highest BCUT2D eigenvalue weighted by molar-refractivity contribution is 6.31. The van der Waals surface area contributed by atoms with Gasteiger partial charge in [-0.3, -0.25) is 14.5 Å². The molecule has 160 valence electrons. The number of anilines is 1. The zero-order chi connectivity index (χ0) is 21.8. The highest BCUT2D eigenvalue weighted by Gasteiger charge is 2.26. The first-order chi connectivity index (χ1) is 15.0. The monoisotopic (exact) mass is 439 g/mol. The normalized spacial score (nSPS) is 15.0. The number of Topliss-reactive ketones (excluding diaryl/α,β-unsaturated/α-hetero) is 1. The number of aromatic hydroxyl groups is 1. The number of benzene rings is 2. The predicted octanol–water partition coefficient (Wildman–Crippen LogP) is 3.16. The molecule has 1 saturated heterocycles. The van der Waals surface area contributed by atoms with E-state index in [0.717, 1.165) is 0 Å². The number of hydrogen-bond acceptors (Lipinski definition) is 6. The number of amides is 1. The van der Waals surface area contributed by atoms with E-state index in [2.05, 4.69) is 15.4 Å². The van der Waals surface area contributed by atoms with Crippen LogP contribution in [0.2, 0.25) is 5.02 Å². The Bertz CT molecular complexity index is 1060. The van der Waals surface area contributed by atoms with Gasteiger partial charge >= 0.3 is 0 Å². The number of nitrogens with one attached hydrogen (secondary N) is 1. The van der Waals surface area contributed by atoms with Crippen LogP contribution >= 0.6 is 11.6 Å². The van der Waals surface area contributed by atoms with Gasteiger partial charge < -0.3 is 10.4 Å². The van der Waals surface area contributed by atoms with Crippen LogP contribution in [-0.2, 0) is 4.79 Å². The summed E-state index contributed by atoms with van der Waals surface area (Å²) in [6.07, 6.45) is 4.35. The molecule has 4 rings (SSSR count). The molecule has 9 heteroatoms. The number of rotatable bonds is 6. The van der Waals surface area contributed by atoms with E-state index in [9.17, 15) is 14.7 Å². The van der Waals surface area contributed by atoms with E-state index in [1.54, 1.807) is 41.3 Å². The number of ketones is 1. The van der Waals surface area contributed by atoms with E-state index in [0.29, 0.717) is 47.9 Å². The van der Waals surface area contributed by atoms with Gasteiger partial charge in [0, 0.05) is 16.5 Å². The molecular weight excluding hydrogens is 418 g/mol. The van der Waals surface area contributed by atoms with Crippen molar-refractivity contribution in [1.29, 1.82) is 0 Å². The molecule has 0 aliphatic carbocycles. The largest absolute Gasteiger partial charge is 0.508 e. The fraction of sp³-hybridized carbons (Fsp3) is 0.273. The molecule has 2 N–H and O–H groups in total. The lowest BCUT2D eigenvalue weighted by Crippen LogP contribution is -2.40. The van der Waals surface area contributed by atoms with E-state index in [1.165, 1.54) is 18.5 Å². The van der Waals surface area contributed by atoms with Crippen LogP contribution in [0.4, 0.5) is 5.69 Å². The number of hydrogen-bond donors (Lipinski definition) is 2. The van der Waals surface area contributed by atoms with Gasteiger partial charge in [-0.05, 0) is 68.4 Å². The molecule has 1 fully saturated rings. The van der Waals surface area contributed by atoms with Crippen LogP contribution in [0, 0.1) is 5.92 Å². The average molecular weight is 440 g/mol. The van der Waals surface area contributed by atoms with Crippen molar-refractivity contribution in [2.45, 2.75) is 12.8 Å². The number of aromatic nitrogens is 3. The van der Waals surface area contributed by atoms with Crippen molar-refractivity contribution in [1.82, 2.24) is 19.7 Å². The minimum atomic E-state index is -0.160. The van der Waals surface area contributed by atoms with Crippen molar-refractivity contribution in [3.8, 4) is 11.4 Å². The van der Waals surface area contributed by atoms with Gasteiger partial charge in [0.25, 0.3) is 0 Å². The first kappa shape index (κ1) is 21.0. The first-order valence-electron chi connectivity index (χ1n) is 9.99. The highest BCUT2D eigenvalue weighted by Crippen LogP contribution is 2.25. The SMILES string of the molecule is O=C(CN1CCC(C(=O)c2ccc(O)cc2)CC1)Nc1cc(Cl)ccc1-n1cncn1. The summed E-state index contributed by atoms with van der Waals surface area (Å²) in [5.41, 5.74) is 1.84. The molecule has 0 spiro atoms. The Labute approximate surface area is 184 Å². The number of phenols is 1. The third-order valence-electron chi connectivity index (χ3n) is 5.38. The second-order valence-electron chi connectivity index (χ2n) is 7.51. The maximum Gasteiger partial charge on any atom is 0.238 e. The van der Waals surface area contributed by atoms with Crippen molar-refractivity contribution in [2.24, 2.45) is 5.92 Å². The van der Waals surface area contributed by atoms with Crippen molar-refractivity contribution >= 4 is 29.0 Å². The van der Waals surface area contributed by atoms with Crippen LogP contribution in [0.5, 0.6) is 5.75 Å². The smallest absolute Gasteiger partial charge is 0.238 e. The van der Waals surface area contributed by atoms with Gasteiger partial charge in [-0.1, -0.05) is 11.6 Å². The molecule has 0 saturated carbocycles. The third-order valence-corrected chi connectivity index (χ3v) is 5.61. The van der Waals surface area contributed by atoms with E-state index in [1.807, 2.05) is 4.90 Å². The van der Waals surface area contributed by atoms with Crippen LogP contribution in [0.1, 0.15) is 23.2 Å². The summed E-state index contributed by atoms with van der Waals surface area (Å²) in [4.78, 5) is 31.3. The molecular formula is C22H22ClN5O3. The molecule has 0 radical (unpaired) electrons. The third kappa shape index (κ3) is 5.10. The fourth-order valence-electron chi connectivity index (χ4n) is 3.75. The molecule has 2 heterocycles. The summed E-state index contributed by atoms with van der Waals surface area (Å²) in [7, 11) is 0. The quantitative estimate of drug-likeness (QED) is 0.572. The first-order valence-corrected chi connectivity index (χ1v) is 10.4. The van der Waals surface area contributed by atoms with Crippen LogP contribution in [0.3, 0.4) is 0 Å². The molecule has 1 aliphatic rings. The van der Waals surface area contributed by atoms with E-state index >= 15 is 0 Å². The van der Waals surface area contributed by atoms with Crippen molar-refractivity contribution < 1.29 is 14.7 Å². The van der Waals surface area contributed by atoms with Gasteiger partial charge in [0.1, 0.15) is 18.4 Å². The van der Waals surface area contributed by atoms with Gasteiger partial charge in [0.05, 0.1) is 17.9 Å². The maximum atomic E-state index is 12.7. The summed E-state index contributed by atoms with van der Waals surface area (Å²) in [6.45, 7) is 1.55. The minimum absolute atomic E-state index is 0.0734. The summed E-state index contributed by atoms with van der Waals surface area (Å²) < 4.78 is 1.56. The molecule has 0 bridgehead atoms. The van der Waals surface area contributed by atoms with Crippen LogP contribution in [-0.4, -0.2) is 56.1 Å². The Kier molecular flexibility index (Phi) is 6.29. The van der Waals surface area contributed by atoms with Crippen molar-refractivity contribution in [3.05, 3.63) is 65.7 Å². The molecule has 31 heavy (non-hydrogen) atoms. The molecule has 0 unspecified atom stereocenters. The number of carbonyl (C=O) groups is 2. The zero-order valence-corrected chi connectivity index (χ0v) is 17.5.